The van der Waals surface area contributed by atoms with Crippen LogP contribution in [0.2, 0.25) is 0 Å². The third-order valence-corrected chi connectivity index (χ3v) is 5.94. The maximum absolute atomic E-state index is 13.3. The number of halogens is 3. The quantitative estimate of drug-likeness (QED) is 0.358. The van der Waals surface area contributed by atoms with Gasteiger partial charge in [0.15, 0.2) is 0 Å². The van der Waals surface area contributed by atoms with Gasteiger partial charge in [0, 0.05) is 30.4 Å². The molecule has 1 saturated carbocycles. The number of hydrogen-bond acceptors (Lipinski definition) is 5. The number of alkyl halides is 3. The smallest absolute Gasteiger partial charge is 0.398 e. The van der Waals surface area contributed by atoms with Gasteiger partial charge in [-0.15, -0.1) is 10.2 Å². The van der Waals surface area contributed by atoms with Crippen molar-refractivity contribution >= 4 is 30.9 Å². The zero-order chi connectivity index (χ0) is 25.1. The van der Waals surface area contributed by atoms with Crippen molar-refractivity contribution in [2.75, 3.05) is 5.73 Å². The number of benzene rings is 2. The average Bonchev–Trinajstić information content (AvgIpc) is 3.12. The highest BCUT2D eigenvalue weighted by Crippen LogP contribution is 2.47. The molecule has 2 radical (unpaired) electrons. The number of rotatable bonds is 3. The van der Waals surface area contributed by atoms with Crippen molar-refractivity contribution in [2.24, 2.45) is 18.0 Å². The Morgan fingerprint density at radius 3 is 2.53 bits per heavy atom. The molecular formula is C24H24BF3N6. The normalized spacial score (nSPS) is 19.7. The Labute approximate surface area is 197 Å². The molecule has 6 nitrogen and oxygen atoms in total. The van der Waals surface area contributed by atoms with Crippen LogP contribution in [0.5, 0.6) is 0 Å². The molecule has 0 unspecified atom stereocenters. The van der Waals surface area contributed by atoms with Crippen LogP contribution >= 0.6 is 0 Å². The Balaban J connectivity index is 0.000000396. The lowest BCUT2D eigenvalue weighted by atomic mass is 9.60. The lowest BCUT2D eigenvalue weighted by molar-refractivity contribution is -0.137. The zero-order valence-electron chi connectivity index (χ0n) is 19.1. The molecule has 1 aliphatic carbocycles. The molecule has 1 aromatic heterocycles. The van der Waals surface area contributed by atoms with E-state index in [0.29, 0.717) is 5.69 Å². The lowest BCUT2D eigenvalue weighted by Gasteiger charge is -2.42. The Kier molecular flexibility index (Phi) is 7.15. The van der Waals surface area contributed by atoms with Crippen molar-refractivity contribution < 1.29 is 13.2 Å². The molecule has 1 fully saturated rings. The van der Waals surface area contributed by atoms with Gasteiger partial charge in [0.05, 0.1) is 17.3 Å². The number of aryl methyl sites for hydroxylation is 2. The van der Waals surface area contributed by atoms with E-state index in [-0.39, 0.29) is 28.0 Å². The molecule has 2 aromatic carbocycles. The molecule has 4 rings (SSSR count). The molecule has 10 heteroatoms. The molecule has 0 saturated heterocycles. The summed E-state index contributed by atoms with van der Waals surface area (Å²) in [6, 6.07) is 11.7. The predicted octanol–water partition coefficient (Wildman–Crippen LogP) is 4.15. The Morgan fingerprint density at radius 2 is 2.00 bits per heavy atom. The highest BCUT2D eigenvalue weighted by atomic mass is 19.4. The summed E-state index contributed by atoms with van der Waals surface area (Å²) in [6.45, 7) is 3.98. The highest BCUT2D eigenvalue weighted by Gasteiger charge is 2.41. The van der Waals surface area contributed by atoms with Crippen molar-refractivity contribution in [1.29, 1.82) is 5.26 Å². The lowest BCUT2D eigenvalue weighted by Crippen LogP contribution is -2.37. The monoisotopic (exact) mass is 464 g/mol. The average molecular weight is 464 g/mol. The van der Waals surface area contributed by atoms with Crippen LogP contribution in [0.4, 0.5) is 24.5 Å². The fourth-order valence-electron chi connectivity index (χ4n) is 3.87. The van der Waals surface area contributed by atoms with Crippen LogP contribution in [0, 0.1) is 24.2 Å². The fraction of sp³-hybridized carbons (Fsp3) is 0.333. The van der Waals surface area contributed by atoms with Crippen LogP contribution in [0.1, 0.15) is 42.3 Å². The summed E-state index contributed by atoms with van der Waals surface area (Å²) in [7, 11) is 7.41. The minimum Gasteiger partial charge on any atom is -0.398 e. The minimum absolute atomic E-state index is 0.0473. The van der Waals surface area contributed by atoms with E-state index in [4.69, 9.17) is 18.8 Å². The van der Waals surface area contributed by atoms with Gasteiger partial charge in [-0.1, -0.05) is 30.6 Å². The van der Waals surface area contributed by atoms with E-state index in [1.165, 1.54) is 6.07 Å². The Bertz CT molecular complexity index is 1220. The first-order valence-electron chi connectivity index (χ1n) is 10.5. The van der Waals surface area contributed by atoms with E-state index in [0.717, 1.165) is 36.5 Å². The standard InChI is InChI=1S/C20H17BF3N3.C4H7N3/c1-19(8-12(9-19)10-25)13-3-2-4-15(5-13)27-11-16-17(20(22,23)24)6-14(21)7-18(16)26;1-4-6-5-3-7(4)2/h2-7,11-12H,8-9,26H2,1H3;3H,1-2H3. The van der Waals surface area contributed by atoms with Crippen molar-refractivity contribution in [1.82, 2.24) is 14.8 Å². The summed E-state index contributed by atoms with van der Waals surface area (Å²) in [6.07, 6.45) is -0.259. The van der Waals surface area contributed by atoms with E-state index in [2.05, 4.69) is 28.2 Å². The first kappa shape index (κ1) is 25.0. The van der Waals surface area contributed by atoms with Crippen LogP contribution in [-0.2, 0) is 18.6 Å². The molecule has 34 heavy (non-hydrogen) atoms. The Morgan fingerprint density at radius 1 is 1.29 bits per heavy atom. The second-order valence-corrected chi connectivity index (χ2v) is 8.66. The van der Waals surface area contributed by atoms with Crippen molar-refractivity contribution in [3.05, 3.63) is 65.2 Å². The molecule has 1 heterocycles. The molecule has 0 atom stereocenters. The van der Waals surface area contributed by atoms with Crippen molar-refractivity contribution in [3.63, 3.8) is 0 Å². The summed E-state index contributed by atoms with van der Waals surface area (Å²) < 4.78 is 41.7. The van der Waals surface area contributed by atoms with E-state index in [1.54, 1.807) is 12.4 Å². The summed E-state index contributed by atoms with van der Waals surface area (Å²) in [5.41, 5.74) is 5.93. The largest absolute Gasteiger partial charge is 0.417 e. The fourth-order valence-corrected chi connectivity index (χ4v) is 3.87. The summed E-state index contributed by atoms with van der Waals surface area (Å²) in [5.74, 6) is 0.992. The van der Waals surface area contributed by atoms with E-state index in [1.807, 2.05) is 36.7 Å². The molecule has 0 bridgehead atoms. The maximum atomic E-state index is 13.3. The Hall–Kier alpha value is -3.61. The van der Waals surface area contributed by atoms with Crippen LogP contribution in [0.3, 0.4) is 0 Å². The van der Waals surface area contributed by atoms with Crippen LogP contribution in [-0.4, -0.2) is 28.8 Å². The third kappa shape index (κ3) is 5.65. The molecule has 0 amide bonds. The zero-order valence-corrected chi connectivity index (χ0v) is 19.1. The first-order valence-corrected chi connectivity index (χ1v) is 10.5. The number of hydrogen-bond donors (Lipinski definition) is 1. The molecular weight excluding hydrogens is 440 g/mol. The van der Waals surface area contributed by atoms with Gasteiger partial charge in [-0.2, -0.15) is 18.4 Å². The molecule has 174 valence electrons. The minimum atomic E-state index is -4.58. The summed E-state index contributed by atoms with van der Waals surface area (Å²) in [5, 5.41) is 16.3. The van der Waals surface area contributed by atoms with Gasteiger partial charge in [0.2, 0.25) is 0 Å². The van der Waals surface area contributed by atoms with Gasteiger partial charge in [-0.05, 0) is 48.9 Å². The van der Waals surface area contributed by atoms with Crippen LogP contribution in [0.25, 0.3) is 0 Å². The summed E-state index contributed by atoms with van der Waals surface area (Å²) >= 11 is 0. The van der Waals surface area contributed by atoms with E-state index in [9.17, 15) is 13.2 Å². The SMILES string of the molecule is Cc1nncn1C.[B]c1cc(N)c(C=Nc2cccc(C3(C)CC(C#N)C3)c2)c(C(F)(F)F)c1. The van der Waals surface area contributed by atoms with E-state index < -0.39 is 11.7 Å². The third-order valence-electron chi connectivity index (χ3n) is 5.94. The number of nitrogens with zero attached hydrogens (tertiary/aromatic N) is 5. The predicted molar refractivity (Wildman–Crippen MR) is 126 cm³/mol. The number of nitriles is 1. The van der Waals surface area contributed by atoms with E-state index >= 15 is 0 Å². The first-order chi connectivity index (χ1) is 15.9. The number of aromatic nitrogens is 3. The molecule has 1 aliphatic rings. The number of nitrogens with two attached hydrogens (primary N) is 1. The van der Waals surface area contributed by atoms with Gasteiger partial charge in [-0.25, -0.2) is 0 Å². The molecule has 3 aromatic rings. The van der Waals surface area contributed by atoms with Crippen molar-refractivity contribution in [3.8, 4) is 6.07 Å². The number of aliphatic imine (C=N–C) groups is 1. The van der Waals surface area contributed by atoms with Crippen molar-refractivity contribution in [2.45, 2.75) is 38.3 Å². The molecule has 0 aliphatic heterocycles. The van der Waals surface area contributed by atoms with Gasteiger partial charge in [0.25, 0.3) is 0 Å². The summed E-state index contributed by atoms with van der Waals surface area (Å²) in [4.78, 5) is 4.20. The van der Waals surface area contributed by atoms with Gasteiger partial charge >= 0.3 is 6.18 Å². The maximum Gasteiger partial charge on any atom is 0.417 e. The second-order valence-electron chi connectivity index (χ2n) is 8.66. The molecule has 0 spiro atoms. The molecule has 2 N–H and O–H groups in total. The van der Waals surface area contributed by atoms with Gasteiger partial charge < -0.3 is 10.3 Å². The highest BCUT2D eigenvalue weighted by molar-refractivity contribution is 6.33. The topological polar surface area (TPSA) is 92.9 Å². The number of nitrogen functional groups attached to an aromatic ring is 1. The number of anilines is 1. The van der Waals surface area contributed by atoms with Crippen LogP contribution in [0.15, 0.2) is 47.7 Å². The van der Waals surface area contributed by atoms with Gasteiger partial charge in [-0.3, -0.25) is 4.99 Å². The van der Waals surface area contributed by atoms with Crippen LogP contribution < -0.4 is 11.2 Å². The van der Waals surface area contributed by atoms with Gasteiger partial charge in [0.1, 0.15) is 20.0 Å². The second kappa shape index (κ2) is 9.71.